The zero-order chi connectivity index (χ0) is 12.8. The first kappa shape index (κ1) is 10.8. The standard InChI is InChI=1S/C17H14FN/c18-15-5-6-17-13(10-15)7-8-19(17)11-14-9-12-3-1-2-4-16(12)14/h1-8,10,14H,9,11H2. The lowest BCUT2D eigenvalue weighted by Gasteiger charge is -2.30. The van der Waals surface area contributed by atoms with Gasteiger partial charge in [0.25, 0.3) is 0 Å². The number of rotatable bonds is 2. The highest BCUT2D eigenvalue weighted by Crippen LogP contribution is 2.36. The molecule has 0 fully saturated rings. The molecule has 0 saturated heterocycles. The molecule has 2 aromatic carbocycles. The molecule has 0 aliphatic heterocycles. The first-order valence-corrected chi connectivity index (χ1v) is 6.63. The summed E-state index contributed by atoms with van der Waals surface area (Å²) in [6.45, 7) is 0.978. The molecule has 0 bridgehead atoms. The maximum absolute atomic E-state index is 13.2. The third-order valence-corrected chi connectivity index (χ3v) is 4.11. The molecule has 1 aliphatic rings. The molecule has 1 unspecified atom stereocenters. The molecule has 2 heteroatoms. The monoisotopic (exact) mass is 251 g/mol. The van der Waals surface area contributed by atoms with Gasteiger partial charge in [0.1, 0.15) is 5.82 Å². The maximum Gasteiger partial charge on any atom is 0.123 e. The summed E-state index contributed by atoms with van der Waals surface area (Å²) in [4.78, 5) is 0. The van der Waals surface area contributed by atoms with Gasteiger partial charge in [-0.2, -0.15) is 0 Å². The van der Waals surface area contributed by atoms with Crippen molar-refractivity contribution in [3.8, 4) is 0 Å². The van der Waals surface area contributed by atoms with Crippen molar-refractivity contribution in [3.63, 3.8) is 0 Å². The van der Waals surface area contributed by atoms with Gasteiger partial charge in [-0.25, -0.2) is 4.39 Å². The summed E-state index contributed by atoms with van der Waals surface area (Å²) in [7, 11) is 0. The smallest absolute Gasteiger partial charge is 0.123 e. The van der Waals surface area contributed by atoms with Crippen LogP contribution in [0.25, 0.3) is 10.9 Å². The van der Waals surface area contributed by atoms with Crippen LogP contribution < -0.4 is 0 Å². The number of nitrogens with zero attached hydrogens (tertiary/aromatic N) is 1. The normalized spacial score (nSPS) is 17.2. The third-order valence-electron chi connectivity index (χ3n) is 4.11. The van der Waals surface area contributed by atoms with E-state index in [1.165, 1.54) is 17.2 Å². The molecule has 0 spiro atoms. The van der Waals surface area contributed by atoms with Crippen LogP contribution in [0.5, 0.6) is 0 Å². The summed E-state index contributed by atoms with van der Waals surface area (Å²) < 4.78 is 15.4. The Balaban J connectivity index is 1.67. The van der Waals surface area contributed by atoms with E-state index in [4.69, 9.17) is 0 Å². The summed E-state index contributed by atoms with van der Waals surface area (Å²) in [5.74, 6) is 0.427. The summed E-state index contributed by atoms with van der Waals surface area (Å²) >= 11 is 0. The fourth-order valence-corrected chi connectivity index (χ4v) is 3.09. The molecule has 1 nitrogen and oxygen atoms in total. The van der Waals surface area contributed by atoms with Gasteiger partial charge >= 0.3 is 0 Å². The minimum atomic E-state index is -0.167. The molecular formula is C17H14FN. The zero-order valence-electron chi connectivity index (χ0n) is 10.5. The quantitative estimate of drug-likeness (QED) is 0.645. The van der Waals surface area contributed by atoms with Crippen LogP contribution in [0.2, 0.25) is 0 Å². The zero-order valence-corrected chi connectivity index (χ0v) is 10.5. The van der Waals surface area contributed by atoms with Crippen molar-refractivity contribution in [2.24, 2.45) is 0 Å². The van der Waals surface area contributed by atoms with Gasteiger partial charge in [0.05, 0.1) is 0 Å². The van der Waals surface area contributed by atoms with E-state index in [1.54, 1.807) is 6.07 Å². The molecule has 94 valence electrons. The highest BCUT2D eigenvalue weighted by Gasteiger charge is 2.25. The van der Waals surface area contributed by atoms with Crippen LogP contribution in [0.1, 0.15) is 17.0 Å². The molecule has 19 heavy (non-hydrogen) atoms. The van der Waals surface area contributed by atoms with E-state index < -0.39 is 0 Å². The largest absolute Gasteiger partial charge is 0.347 e. The van der Waals surface area contributed by atoms with E-state index in [-0.39, 0.29) is 5.82 Å². The topological polar surface area (TPSA) is 4.93 Å². The average Bonchev–Trinajstić information content (AvgIpc) is 2.78. The second-order valence-corrected chi connectivity index (χ2v) is 5.27. The number of halogens is 1. The van der Waals surface area contributed by atoms with Gasteiger partial charge in [0, 0.05) is 29.6 Å². The summed E-state index contributed by atoms with van der Waals surface area (Å²) in [5.41, 5.74) is 4.05. The SMILES string of the molecule is Fc1ccc2c(ccn2CC2Cc3ccccc32)c1. The average molecular weight is 251 g/mol. The van der Waals surface area contributed by atoms with Gasteiger partial charge in [-0.15, -0.1) is 0 Å². The number of aromatic nitrogens is 1. The van der Waals surface area contributed by atoms with Crippen molar-refractivity contribution >= 4 is 10.9 Å². The van der Waals surface area contributed by atoms with Crippen molar-refractivity contribution < 1.29 is 4.39 Å². The Morgan fingerprint density at radius 1 is 1.11 bits per heavy atom. The van der Waals surface area contributed by atoms with Crippen molar-refractivity contribution in [3.05, 3.63) is 71.7 Å². The lowest BCUT2D eigenvalue weighted by Crippen LogP contribution is -2.21. The van der Waals surface area contributed by atoms with Crippen LogP contribution in [0, 0.1) is 5.82 Å². The Hall–Kier alpha value is -2.09. The third kappa shape index (κ3) is 1.67. The molecule has 0 N–H and O–H groups in total. The van der Waals surface area contributed by atoms with Crippen LogP contribution in [0.3, 0.4) is 0 Å². The van der Waals surface area contributed by atoms with E-state index in [0.717, 1.165) is 23.9 Å². The van der Waals surface area contributed by atoms with Crippen LogP contribution in [-0.2, 0) is 13.0 Å². The molecule has 4 rings (SSSR count). The predicted octanol–water partition coefficient (Wildman–Crippen LogP) is 4.12. The lowest BCUT2D eigenvalue weighted by atomic mass is 9.77. The Labute approximate surface area is 111 Å². The molecule has 3 aromatic rings. The van der Waals surface area contributed by atoms with E-state index >= 15 is 0 Å². The van der Waals surface area contributed by atoms with Crippen molar-refractivity contribution in [2.75, 3.05) is 0 Å². The minimum absolute atomic E-state index is 0.167. The second-order valence-electron chi connectivity index (χ2n) is 5.27. The second kappa shape index (κ2) is 3.95. The van der Waals surface area contributed by atoms with Crippen LogP contribution in [0.15, 0.2) is 54.7 Å². The summed E-state index contributed by atoms with van der Waals surface area (Å²) in [5, 5.41) is 0.979. The number of benzene rings is 2. The van der Waals surface area contributed by atoms with Crippen molar-refractivity contribution in [2.45, 2.75) is 18.9 Å². The Morgan fingerprint density at radius 3 is 2.89 bits per heavy atom. The Kier molecular flexibility index (Phi) is 2.25. The first-order chi connectivity index (χ1) is 9.31. The van der Waals surface area contributed by atoms with Gasteiger partial charge in [-0.3, -0.25) is 0 Å². The Morgan fingerprint density at radius 2 is 2.00 bits per heavy atom. The fraction of sp³-hybridized carbons (Fsp3) is 0.176. The van der Waals surface area contributed by atoms with Gasteiger partial charge in [-0.05, 0) is 41.8 Å². The van der Waals surface area contributed by atoms with E-state index in [9.17, 15) is 4.39 Å². The predicted molar refractivity (Wildman–Crippen MR) is 74.8 cm³/mol. The van der Waals surface area contributed by atoms with Crippen LogP contribution in [-0.4, -0.2) is 4.57 Å². The molecule has 1 heterocycles. The van der Waals surface area contributed by atoms with Gasteiger partial charge in [0.15, 0.2) is 0 Å². The van der Waals surface area contributed by atoms with Crippen molar-refractivity contribution in [1.82, 2.24) is 4.57 Å². The van der Waals surface area contributed by atoms with E-state index in [1.807, 2.05) is 12.1 Å². The maximum atomic E-state index is 13.2. The first-order valence-electron chi connectivity index (χ1n) is 6.63. The molecule has 1 atom stereocenters. The van der Waals surface area contributed by atoms with Gasteiger partial charge in [-0.1, -0.05) is 24.3 Å². The summed E-state index contributed by atoms with van der Waals surface area (Å²) in [6.07, 6.45) is 3.21. The minimum Gasteiger partial charge on any atom is -0.347 e. The molecular weight excluding hydrogens is 237 g/mol. The number of hydrogen-bond donors (Lipinski definition) is 0. The number of hydrogen-bond acceptors (Lipinski definition) is 0. The molecule has 1 aliphatic carbocycles. The molecule has 1 aromatic heterocycles. The van der Waals surface area contributed by atoms with Crippen molar-refractivity contribution in [1.29, 1.82) is 0 Å². The van der Waals surface area contributed by atoms with E-state index in [2.05, 4.69) is 35.0 Å². The number of fused-ring (bicyclic) bond motifs is 2. The van der Waals surface area contributed by atoms with Crippen LogP contribution >= 0.6 is 0 Å². The lowest BCUT2D eigenvalue weighted by molar-refractivity contribution is 0.518. The molecule has 0 amide bonds. The van der Waals surface area contributed by atoms with Crippen LogP contribution in [0.4, 0.5) is 4.39 Å². The Bertz CT molecular complexity index is 757. The molecule has 0 saturated carbocycles. The highest BCUT2D eigenvalue weighted by atomic mass is 19.1. The van der Waals surface area contributed by atoms with E-state index in [0.29, 0.717) is 5.92 Å². The molecule has 0 radical (unpaired) electrons. The van der Waals surface area contributed by atoms with Gasteiger partial charge in [0.2, 0.25) is 0 Å². The fourth-order valence-electron chi connectivity index (χ4n) is 3.09. The highest BCUT2D eigenvalue weighted by molar-refractivity contribution is 5.80. The summed E-state index contributed by atoms with van der Waals surface area (Å²) in [6, 6.07) is 15.6. The van der Waals surface area contributed by atoms with Gasteiger partial charge < -0.3 is 4.57 Å².